The largest absolute Gasteiger partial charge is 0.493 e. The van der Waals surface area contributed by atoms with Crippen LogP contribution in [-0.4, -0.2) is 16.8 Å². The van der Waals surface area contributed by atoms with Gasteiger partial charge in [0.25, 0.3) is 5.91 Å². The zero-order chi connectivity index (χ0) is 21.2. The standard InChI is InChI=1S/C25H19NO3S2/c27-24-23(31-25(30)26-24)14-20-13-18(17-6-8-21-19(12-17)10-11-28-21)7-9-22(20)29-15-16-4-2-1-3-5-16/h1-9,12-14H,10-11,15H2,(H,26,27,30)/b23-14+. The second-order valence-electron chi connectivity index (χ2n) is 7.30. The molecule has 0 atom stereocenters. The molecule has 1 saturated heterocycles. The zero-order valence-electron chi connectivity index (χ0n) is 16.6. The summed E-state index contributed by atoms with van der Waals surface area (Å²) < 4.78 is 12.2. The van der Waals surface area contributed by atoms with Gasteiger partial charge in [0.05, 0.1) is 11.5 Å². The van der Waals surface area contributed by atoms with Gasteiger partial charge in [-0.25, -0.2) is 0 Å². The minimum Gasteiger partial charge on any atom is -0.493 e. The fourth-order valence-electron chi connectivity index (χ4n) is 3.64. The van der Waals surface area contributed by atoms with E-state index in [1.165, 1.54) is 17.3 Å². The molecule has 0 unspecified atom stereocenters. The van der Waals surface area contributed by atoms with E-state index in [0.29, 0.717) is 15.8 Å². The summed E-state index contributed by atoms with van der Waals surface area (Å²) in [6.45, 7) is 1.18. The molecule has 5 rings (SSSR count). The van der Waals surface area contributed by atoms with Gasteiger partial charge in [-0.2, -0.15) is 0 Å². The van der Waals surface area contributed by atoms with Crippen LogP contribution in [0.15, 0.2) is 71.6 Å². The highest BCUT2D eigenvalue weighted by Gasteiger charge is 2.23. The molecular formula is C25H19NO3S2. The lowest BCUT2D eigenvalue weighted by Gasteiger charge is -2.12. The van der Waals surface area contributed by atoms with Crippen molar-refractivity contribution in [2.24, 2.45) is 0 Å². The lowest BCUT2D eigenvalue weighted by molar-refractivity contribution is -0.115. The predicted molar refractivity (Wildman–Crippen MR) is 128 cm³/mol. The molecule has 3 aromatic carbocycles. The molecule has 0 radical (unpaired) electrons. The van der Waals surface area contributed by atoms with Crippen LogP contribution in [0.3, 0.4) is 0 Å². The van der Waals surface area contributed by atoms with Crippen molar-refractivity contribution in [2.45, 2.75) is 13.0 Å². The third-order valence-electron chi connectivity index (χ3n) is 5.20. The summed E-state index contributed by atoms with van der Waals surface area (Å²) in [4.78, 5) is 12.8. The number of rotatable bonds is 5. The van der Waals surface area contributed by atoms with E-state index in [-0.39, 0.29) is 5.91 Å². The number of fused-ring (bicyclic) bond motifs is 1. The van der Waals surface area contributed by atoms with Gasteiger partial charge in [-0.15, -0.1) is 0 Å². The third-order valence-corrected chi connectivity index (χ3v) is 6.36. The molecule has 1 fully saturated rings. The van der Waals surface area contributed by atoms with Gasteiger partial charge in [0.2, 0.25) is 0 Å². The Morgan fingerprint density at radius 3 is 2.68 bits per heavy atom. The minimum atomic E-state index is -0.177. The topological polar surface area (TPSA) is 47.6 Å². The highest BCUT2D eigenvalue weighted by atomic mass is 32.2. The molecule has 0 aliphatic carbocycles. The lowest BCUT2D eigenvalue weighted by Crippen LogP contribution is -2.17. The molecule has 0 bridgehead atoms. The van der Waals surface area contributed by atoms with E-state index < -0.39 is 0 Å². The van der Waals surface area contributed by atoms with Crippen molar-refractivity contribution in [3.63, 3.8) is 0 Å². The minimum absolute atomic E-state index is 0.177. The van der Waals surface area contributed by atoms with Crippen molar-refractivity contribution in [2.75, 3.05) is 6.61 Å². The van der Waals surface area contributed by atoms with Crippen molar-refractivity contribution in [3.05, 3.63) is 88.3 Å². The number of thioether (sulfide) groups is 1. The summed E-state index contributed by atoms with van der Waals surface area (Å²) in [6.07, 6.45) is 2.77. The Morgan fingerprint density at radius 2 is 1.87 bits per heavy atom. The van der Waals surface area contributed by atoms with Gasteiger partial charge in [-0.3, -0.25) is 4.79 Å². The van der Waals surface area contributed by atoms with Crippen LogP contribution in [0.5, 0.6) is 11.5 Å². The predicted octanol–water partition coefficient (Wildman–Crippen LogP) is 5.36. The number of hydrogen-bond donors (Lipinski definition) is 1. The van der Waals surface area contributed by atoms with Gasteiger partial charge >= 0.3 is 0 Å². The van der Waals surface area contributed by atoms with Crippen LogP contribution in [0.4, 0.5) is 0 Å². The van der Waals surface area contributed by atoms with E-state index in [9.17, 15) is 4.79 Å². The Balaban J connectivity index is 1.50. The maximum Gasteiger partial charge on any atom is 0.263 e. The number of thiocarbonyl (C=S) groups is 1. The molecule has 6 heteroatoms. The Bertz CT molecular complexity index is 1200. The van der Waals surface area contributed by atoms with E-state index in [1.807, 2.05) is 54.6 Å². The lowest BCUT2D eigenvalue weighted by atomic mass is 9.99. The zero-order valence-corrected chi connectivity index (χ0v) is 18.2. The first-order valence-electron chi connectivity index (χ1n) is 9.97. The highest BCUT2D eigenvalue weighted by Crippen LogP contribution is 2.35. The molecule has 0 spiro atoms. The average molecular weight is 446 g/mol. The van der Waals surface area contributed by atoms with Crippen molar-refractivity contribution < 1.29 is 14.3 Å². The molecule has 2 heterocycles. The van der Waals surface area contributed by atoms with Gasteiger partial charge in [0, 0.05) is 12.0 Å². The fourth-order valence-corrected chi connectivity index (χ4v) is 4.67. The number of ether oxygens (including phenoxy) is 2. The number of benzene rings is 3. The van der Waals surface area contributed by atoms with Gasteiger partial charge < -0.3 is 14.8 Å². The van der Waals surface area contributed by atoms with E-state index in [4.69, 9.17) is 21.7 Å². The number of nitrogens with one attached hydrogen (secondary N) is 1. The first kappa shape index (κ1) is 19.8. The van der Waals surface area contributed by atoms with Crippen LogP contribution in [0, 0.1) is 0 Å². The summed E-state index contributed by atoms with van der Waals surface area (Å²) in [5.41, 5.74) is 5.31. The number of amides is 1. The molecule has 0 aromatic heterocycles. The molecule has 1 amide bonds. The normalized spacial score (nSPS) is 16.2. The summed E-state index contributed by atoms with van der Waals surface area (Å²) in [7, 11) is 0. The Hall–Kier alpha value is -3.09. The van der Waals surface area contributed by atoms with Gasteiger partial charge in [-0.1, -0.05) is 66.4 Å². The molecular weight excluding hydrogens is 426 g/mol. The summed E-state index contributed by atoms with van der Waals surface area (Å²) in [6, 6.07) is 22.3. The Labute approximate surface area is 190 Å². The molecule has 31 heavy (non-hydrogen) atoms. The van der Waals surface area contributed by atoms with E-state index in [2.05, 4.69) is 23.5 Å². The molecule has 1 N–H and O–H groups in total. The molecule has 0 saturated carbocycles. The number of carbonyl (C=O) groups excluding carboxylic acids is 1. The maximum absolute atomic E-state index is 12.2. The SMILES string of the molecule is O=C1NC(=S)S/C1=C/c1cc(-c2ccc3c(c2)CCO3)ccc1OCc1ccccc1. The Morgan fingerprint density at radius 1 is 1.06 bits per heavy atom. The molecule has 2 aliphatic rings. The van der Waals surface area contributed by atoms with Crippen LogP contribution in [0.2, 0.25) is 0 Å². The molecule has 3 aromatic rings. The van der Waals surface area contributed by atoms with Crippen LogP contribution in [0.25, 0.3) is 17.2 Å². The van der Waals surface area contributed by atoms with Crippen molar-refractivity contribution in [1.82, 2.24) is 5.32 Å². The van der Waals surface area contributed by atoms with E-state index in [0.717, 1.165) is 46.8 Å². The first-order valence-corrected chi connectivity index (χ1v) is 11.2. The highest BCUT2D eigenvalue weighted by molar-refractivity contribution is 8.26. The number of hydrogen-bond acceptors (Lipinski definition) is 5. The van der Waals surface area contributed by atoms with Gasteiger partial charge in [-0.05, 0) is 52.6 Å². The number of carbonyl (C=O) groups is 1. The van der Waals surface area contributed by atoms with Crippen LogP contribution >= 0.6 is 24.0 Å². The smallest absolute Gasteiger partial charge is 0.263 e. The van der Waals surface area contributed by atoms with Gasteiger partial charge in [0.1, 0.15) is 22.4 Å². The fraction of sp³-hybridized carbons (Fsp3) is 0.120. The van der Waals surface area contributed by atoms with Crippen molar-refractivity contribution in [1.29, 1.82) is 0 Å². The second kappa shape index (κ2) is 8.57. The van der Waals surface area contributed by atoms with Crippen LogP contribution in [-0.2, 0) is 17.8 Å². The molecule has 2 aliphatic heterocycles. The molecule has 4 nitrogen and oxygen atoms in total. The maximum atomic E-state index is 12.2. The van der Waals surface area contributed by atoms with E-state index in [1.54, 1.807) is 0 Å². The summed E-state index contributed by atoms with van der Waals surface area (Å²) in [5.74, 6) is 1.50. The van der Waals surface area contributed by atoms with Crippen LogP contribution in [0.1, 0.15) is 16.7 Å². The molecule has 154 valence electrons. The summed E-state index contributed by atoms with van der Waals surface area (Å²) in [5, 5.41) is 2.67. The monoisotopic (exact) mass is 445 g/mol. The first-order chi connectivity index (χ1) is 15.2. The van der Waals surface area contributed by atoms with Crippen molar-refractivity contribution >= 4 is 40.3 Å². The van der Waals surface area contributed by atoms with Gasteiger partial charge in [0.15, 0.2) is 0 Å². The summed E-state index contributed by atoms with van der Waals surface area (Å²) >= 11 is 6.40. The van der Waals surface area contributed by atoms with Crippen LogP contribution < -0.4 is 14.8 Å². The Kier molecular flexibility index (Phi) is 5.49. The second-order valence-corrected chi connectivity index (χ2v) is 9.02. The quantitative estimate of drug-likeness (QED) is 0.423. The van der Waals surface area contributed by atoms with E-state index >= 15 is 0 Å². The average Bonchev–Trinajstić information content (AvgIpc) is 3.38. The van der Waals surface area contributed by atoms with Crippen molar-refractivity contribution in [3.8, 4) is 22.6 Å². The third kappa shape index (κ3) is 4.36.